The molecule has 1 aliphatic carbocycles. The van der Waals surface area contributed by atoms with E-state index >= 15 is 0 Å². The number of aliphatic hydroxyl groups excluding tert-OH is 1. The minimum absolute atomic E-state index is 0.357. The molecular formula is C16H18O2. The number of aryl methyl sites for hydroxylation is 2. The van der Waals surface area contributed by atoms with Gasteiger partial charge in [0, 0.05) is 12.0 Å². The van der Waals surface area contributed by atoms with E-state index in [2.05, 4.69) is 18.2 Å². The zero-order valence-corrected chi connectivity index (χ0v) is 10.6. The molecule has 0 radical (unpaired) electrons. The van der Waals surface area contributed by atoms with E-state index in [0.29, 0.717) is 6.42 Å². The van der Waals surface area contributed by atoms with Crippen LogP contribution in [-0.4, -0.2) is 11.2 Å². The summed E-state index contributed by atoms with van der Waals surface area (Å²) in [6, 6.07) is 10.5. The van der Waals surface area contributed by atoms with Crippen LogP contribution in [0.15, 0.2) is 34.7 Å². The predicted octanol–water partition coefficient (Wildman–Crippen LogP) is 3.36. The Hall–Kier alpha value is -1.54. The highest BCUT2D eigenvalue weighted by atomic mass is 16.3. The molecule has 1 N–H and O–H groups in total. The quantitative estimate of drug-likeness (QED) is 0.895. The Kier molecular flexibility index (Phi) is 2.96. The third kappa shape index (κ3) is 2.21. The molecule has 1 atom stereocenters. The highest BCUT2D eigenvalue weighted by Crippen LogP contribution is 2.29. The van der Waals surface area contributed by atoms with Crippen LogP contribution in [0.3, 0.4) is 0 Å². The Labute approximate surface area is 107 Å². The summed E-state index contributed by atoms with van der Waals surface area (Å²) in [6.45, 7) is 1.78. The summed E-state index contributed by atoms with van der Waals surface area (Å²) in [7, 11) is 0. The number of hydrogen-bond acceptors (Lipinski definition) is 2. The molecule has 18 heavy (non-hydrogen) atoms. The van der Waals surface area contributed by atoms with Crippen molar-refractivity contribution < 1.29 is 9.52 Å². The maximum absolute atomic E-state index is 9.35. The Morgan fingerprint density at radius 1 is 1.17 bits per heavy atom. The van der Waals surface area contributed by atoms with Crippen LogP contribution in [0.5, 0.6) is 0 Å². The van der Waals surface area contributed by atoms with Crippen molar-refractivity contribution in [1.82, 2.24) is 0 Å². The van der Waals surface area contributed by atoms with Gasteiger partial charge in [0.1, 0.15) is 11.5 Å². The molecule has 0 saturated heterocycles. The van der Waals surface area contributed by atoms with Crippen LogP contribution in [0.4, 0.5) is 0 Å². The molecule has 0 aliphatic heterocycles. The topological polar surface area (TPSA) is 33.4 Å². The summed E-state index contributed by atoms with van der Waals surface area (Å²) < 4.78 is 5.78. The largest absolute Gasteiger partial charge is 0.461 e. The molecular weight excluding hydrogens is 224 g/mol. The second kappa shape index (κ2) is 4.62. The third-order valence-corrected chi connectivity index (χ3v) is 3.54. The molecule has 0 fully saturated rings. The molecule has 1 aromatic carbocycles. The Balaban J connectivity index is 1.88. The first-order chi connectivity index (χ1) is 8.72. The molecule has 0 spiro atoms. The van der Waals surface area contributed by atoms with Crippen molar-refractivity contribution in [2.24, 2.45) is 0 Å². The van der Waals surface area contributed by atoms with Crippen LogP contribution >= 0.6 is 0 Å². The zero-order valence-electron chi connectivity index (χ0n) is 10.6. The summed E-state index contributed by atoms with van der Waals surface area (Å²) in [5.41, 5.74) is 4.09. The Morgan fingerprint density at radius 3 is 2.83 bits per heavy atom. The van der Waals surface area contributed by atoms with Crippen molar-refractivity contribution in [2.45, 2.75) is 38.7 Å². The summed E-state index contributed by atoms with van der Waals surface area (Å²) in [4.78, 5) is 0. The first-order valence-electron chi connectivity index (χ1n) is 6.61. The van der Waals surface area contributed by atoms with Crippen molar-refractivity contribution in [3.05, 3.63) is 47.2 Å². The lowest BCUT2D eigenvalue weighted by molar-refractivity contribution is 0.187. The van der Waals surface area contributed by atoms with E-state index in [1.807, 2.05) is 12.1 Å². The van der Waals surface area contributed by atoms with E-state index in [9.17, 15) is 5.11 Å². The fourth-order valence-corrected chi connectivity index (χ4v) is 2.66. The highest BCUT2D eigenvalue weighted by Gasteiger charge is 2.13. The fraction of sp³-hybridized carbons (Fsp3) is 0.375. The summed E-state index contributed by atoms with van der Waals surface area (Å²) in [5, 5.41) is 9.35. The lowest BCUT2D eigenvalue weighted by Gasteiger charge is -2.03. The van der Waals surface area contributed by atoms with Crippen LogP contribution in [0, 0.1) is 0 Å². The minimum atomic E-state index is -0.357. The summed E-state index contributed by atoms with van der Waals surface area (Å²) in [5.74, 6) is 1.75. The van der Waals surface area contributed by atoms with E-state index in [1.54, 1.807) is 6.92 Å². The fourth-order valence-electron chi connectivity index (χ4n) is 2.66. The van der Waals surface area contributed by atoms with E-state index in [1.165, 1.54) is 30.4 Å². The second-order valence-electron chi connectivity index (χ2n) is 5.16. The van der Waals surface area contributed by atoms with Gasteiger partial charge in [0.15, 0.2) is 0 Å². The van der Waals surface area contributed by atoms with Crippen LogP contribution in [0.1, 0.15) is 30.2 Å². The average molecular weight is 242 g/mol. The number of fused-ring (bicyclic) bond motifs is 1. The molecule has 1 aromatic heterocycles. The molecule has 2 nitrogen and oxygen atoms in total. The molecule has 2 aromatic rings. The van der Waals surface area contributed by atoms with Gasteiger partial charge in [-0.25, -0.2) is 0 Å². The number of furan rings is 1. The van der Waals surface area contributed by atoms with Gasteiger partial charge in [-0.15, -0.1) is 0 Å². The van der Waals surface area contributed by atoms with Crippen molar-refractivity contribution in [2.75, 3.05) is 0 Å². The second-order valence-corrected chi connectivity index (χ2v) is 5.16. The van der Waals surface area contributed by atoms with Crippen molar-refractivity contribution >= 4 is 0 Å². The average Bonchev–Trinajstić information content (AvgIpc) is 2.95. The first kappa shape index (κ1) is 11.5. The predicted molar refractivity (Wildman–Crippen MR) is 71.6 cm³/mol. The minimum Gasteiger partial charge on any atom is -0.461 e. The highest BCUT2D eigenvalue weighted by molar-refractivity contribution is 5.60. The van der Waals surface area contributed by atoms with E-state index in [-0.39, 0.29) is 6.10 Å². The molecule has 0 amide bonds. The van der Waals surface area contributed by atoms with Gasteiger partial charge >= 0.3 is 0 Å². The number of aliphatic hydroxyl groups is 1. The van der Waals surface area contributed by atoms with Gasteiger partial charge in [0.25, 0.3) is 0 Å². The van der Waals surface area contributed by atoms with Gasteiger partial charge in [-0.1, -0.05) is 12.1 Å². The first-order valence-corrected chi connectivity index (χ1v) is 6.61. The lowest BCUT2D eigenvalue weighted by atomic mass is 10.1. The van der Waals surface area contributed by atoms with Crippen LogP contribution in [0.2, 0.25) is 0 Å². The van der Waals surface area contributed by atoms with Gasteiger partial charge in [-0.05, 0) is 55.5 Å². The molecule has 0 bridgehead atoms. The third-order valence-electron chi connectivity index (χ3n) is 3.54. The van der Waals surface area contributed by atoms with Gasteiger partial charge in [-0.2, -0.15) is 0 Å². The van der Waals surface area contributed by atoms with Gasteiger partial charge in [0.05, 0.1) is 6.10 Å². The number of benzene rings is 1. The molecule has 1 aliphatic rings. The van der Waals surface area contributed by atoms with Crippen molar-refractivity contribution in [3.8, 4) is 11.3 Å². The standard InChI is InChI=1S/C16H18O2/c1-11(17)9-15-7-8-16(18-15)14-6-5-12-3-2-4-13(12)10-14/h5-8,10-11,17H,2-4,9H2,1H3. The summed E-state index contributed by atoms with van der Waals surface area (Å²) in [6.07, 6.45) is 3.88. The lowest BCUT2D eigenvalue weighted by Crippen LogP contribution is -2.02. The van der Waals surface area contributed by atoms with Gasteiger partial charge in [0.2, 0.25) is 0 Å². The molecule has 1 heterocycles. The molecule has 3 rings (SSSR count). The Morgan fingerprint density at radius 2 is 2.00 bits per heavy atom. The van der Waals surface area contributed by atoms with Crippen LogP contribution in [-0.2, 0) is 19.3 Å². The van der Waals surface area contributed by atoms with Crippen LogP contribution < -0.4 is 0 Å². The number of rotatable bonds is 3. The summed E-state index contributed by atoms with van der Waals surface area (Å²) >= 11 is 0. The van der Waals surface area contributed by atoms with Crippen molar-refractivity contribution in [3.63, 3.8) is 0 Å². The van der Waals surface area contributed by atoms with Crippen molar-refractivity contribution in [1.29, 1.82) is 0 Å². The smallest absolute Gasteiger partial charge is 0.134 e. The molecule has 2 heteroatoms. The van der Waals surface area contributed by atoms with Gasteiger partial charge < -0.3 is 9.52 Å². The maximum Gasteiger partial charge on any atom is 0.134 e. The zero-order chi connectivity index (χ0) is 12.5. The normalized spacial score (nSPS) is 15.7. The monoisotopic (exact) mass is 242 g/mol. The van der Waals surface area contributed by atoms with Crippen LogP contribution in [0.25, 0.3) is 11.3 Å². The van der Waals surface area contributed by atoms with E-state index in [0.717, 1.165) is 17.1 Å². The SMILES string of the molecule is CC(O)Cc1ccc(-c2ccc3c(c2)CCC3)o1. The molecule has 94 valence electrons. The van der Waals surface area contributed by atoms with E-state index < -0.39 is 0 Å². The Bertz CT molecular complexity index is 552. The molecule has 1 unspecified atom stereocenters. The number of hydrogen-bond donors (Lipinski definition) is 1. The van der Waals surface area contributed by atoms with Gasteiger partial charge in [-0.3, -0.25) is 0 Å². The maximum atomic E-state index is 9.35. The molecule has 0 saturated carbocycles. The van der Waals surface area contributed by atoms with E-state index in [4.69, 9.17) is 4.42 Å².